The van der Waals surface area contributed by atoms with Crippen LogP contribution in [0.3, 0.4) is 0 Å². The number of carbonyl (C=O) groups is 1. The Labute approximate surface area is 106 Å². The Balaban J connectivity index is 2.27. The third-order valence-corrected chi connectivity index (χ3v) is 3.12. The van der Waals surface area contributed by atoms with Crippen LogP contribution in [0.15, 0.2) is 30.9 Å². The van der Waals surface area contributed by atoms with E-state index in [0.717, 1.165) is 12.8 Å². The van der Waals surface area contributed by atoms with Crippen LogP contribution in [-0.2, 0) is 0 Å². The molecule has 1 aliphatic carbocycles. The second-order valence-corrected chi connectivity index (χ2v) is 4.62. The average Bonchev–Trinajstić information content (AvgIpc) is 3.12. The number of nitrogen functional groups attached to an aromatic ring is 1. The van der Waals surface area contributed by atoms with Gasteiger partial charge >= 0.3 is 0 Å². The SMILES string of the molecule is C=CCN(C(=O)c1cc(N)ccc1Cl)C1CC1. The highest BCUT2D eigenvalue weighted by Gasteiger charge is 2.32. The number of nitrogens with two attached hydrogens (primary N) is 1. The van der Waals surface area contributed by atoms with E-state index in [2.05, 4.69) is 6.58 Å². The first-order chi connectivity index (χ1) is 8.13. The zero-order chi connectivity index (χ0) is 12.4. The maximum absolute atomic E-state index is 12.3. The Morgan fingerprint density at radius 2 is 2.29 bits per heavy atom. The summed E-state index contributed by atoms with van der Waals surface area (Å²) in [4.78, 5) is 14.1. The smallest absolute Gasteiger partial charge is 0.255 e. The Morgan fingerprint density at radius 3 is 2.88 bits per heavy atom. The van der Waals surface area contributed by atoms with Gasteiger partial charge in [0.1, 0.15) is 0 Å². The van der Waals surface area contributed by atoms with Crippen molar-refractivity contribution in [2.75, 3.05) is 12.3 Å². The maximum atomic E-state index is 12.3. The molecule has 2 rings (SSSR count). The number of hydrogen-bond donors (Lipinski definition) is 1. The summed E-state index contributed by atoms with van der Waals surface area (Å²) in [6.07, 6.45) is 3.84. The Bertz CT molecular complexity index is 455. The number of amides is 1. The van der Waals surface area contributed by atoms with Gasteiger partial charge < -0.3 is 10.6 Å². The number of halogens is 1. The van der Waals surface area contributed by atoms with Gasteiger partial charge in [-0.2, -0.15) is 0 Å². The molecular weight excluding hydrogens is 236 g/mol. The van der Waals surface area contributed by atoms with Crippen LogP contribution in [0, 0.1) is 0 Å². The molecule has 0 unspecified atom stereocenters. The zero-order valence-corrected chi connectivity index (χ0v) is 10.3. The lowest BCUT2D eigenvalue weighted by Gasteiger charge is -2.21. The predicted molar refractivity (Wildman–Crippen MR) is 70.1 cm³/mol. The van der Waals surface area contributed by atoms with Gasteiger partial charge in [-0.1, -0.05) is 17.7 Å². The first-order valence-corrected chi connectivity index (χ1v) is 5.98. The van der Waals surface area contributed by atoms with Gasteiger partial charge in [0, 0.05) is 18.3 Å². The van der Waals surface area contributed by atoms with E-state index >= 15 is 0 Å². The first kappa shape index (κ1) is 12.0. The van der Waals surface area contributed by atoms with Gasteiger partial charge in [-0.25, -0.2) is 0 Å². The summed E-state index contributed by atoms with van der Waals surface area (Å²) in [5, 5.41) is 0.443. The minimum atomic E-state index is -0.0651. The van der Waals surface area contributed by atoms with Crippen LogP contribution in [0.4, 0.5) is 5.69 Å². The number of carbonyl (C=O) groups excluding carboxylic acids is 1. The van der Waals surface area contributed by atoms with Crippen molar-refractivity contribution in [1.29, 1.82) is 0 Å². The van der Waals surface area contributed by atoms with E-state index < -0.39 is 0 Å². The third-order valence-electron chi connectivity index (χ3n) is 2.80. The molecule has 1 amide bonds. The van der Waals surface area contributed by atoms with Crippen LogP contribution in [0.5, 0.6) is 0 Å². The van der Waals surface area contributed by atoms with Crippen molar-refractivity contribution < 1.29 is 4.79 Å². The number of nitrogens with zero attached hydrogens (tertiary/aromatic N) is 1. The minimum Gasteiger partial charge on any atom is -0.399 e. The number of rotatable bonds is 4. The van der Waals surface area contributed by atoms with Crippen molar-refractivity contribution in [1.82, 2.24) is 4.90 Å². The first-order valence-electron chi connectivity index (χ1n) is 5.60. The van der Waals surface area contributed by atoms with Crippen LogP contribution in [0.1, 0.15) is 23.2 Å². The fraction of sp³-hybridized carbons (Fsp3) is 0.308. The van der Waals surface area contributed by atoms with Gasteiger partial charge in [-0.3, -0.25) is 4.79 Å². The lowest BCUT2D eigenvalue weighted by Crippen LogP contribution is -2.33. The highest BCUT2D eigenvalue weighted by atomic mass is 35.5. The molecule has 0 atom stereocenters. The third kappa shape index (κ3) is 2.61. The quantitative estimate of drug-likeness (QED) is 0.660. The number of benzene rings is 1. The lowest BCUT2D eigenvalue weighted by atomic mass is 10.1. The summed E-state index contributed by atoms with van der Waals surface area (Å²) in [5.41, 5.74) is 6.70. The van der Waals surface area contributed by atoms with Gasteiger partial charge in [0.05, 0.1) is 10.6 Å². The Morgan fingerprint density at radius 1 is 1.59 bits per heavy atom. The normalized spacial score (nSPS) is 14.4. The molecule has 0 bridgehead atoms. The summed E-state index contributed by atoms with van der Waals surface area (Å²) >= 11 is 6.03. The van der Waals surface area contributed by atoms with Crippen LogP contribution < -0.4 is 5.73 Å². The molecule has 1 fully saturated rings. The molecule has 4 heteroatoms. The fourth-order valence-electron chi connectivity index (χ4n) is 1.78. The minimum absolute atomic E-state index is 0.0651. The molecule has 1 saturated carbocycles. The van der Waals surface area contributed by atoms with Crippen LogP contribution in [0.25, 0.3) is 0 Å². The highest BCUT2D eigenvalue weighted by molar-refractivity contribution is 6.34. The van der Waals surface area contributed by atoms with E-state index in [4.69, 9.17) is 17.3 Å². The Hall–Kier alpha value is -1.48. The molecule has 1 aromatic carbocycles. The van der Waals surface area contributed by atoms with E-state index in [-0.39, 0.29) is 5.91 Å². The topological polar surface area (TPSA) is 46.3 Å². The van der Waals surface area contributed by atoms with Crippen molar-refractivity contribution in [2.24, 2.45) is 0 Å². The molecule has 1 aliphatic rings. The second-order valence-electron chi connectivity index (χ2n) is 4.22. The van der Waals surface area contributed by atoms with E-state index in [1.807, 2.05) is 0 Å². The largest absolute Gasteiger partial charge is 0.399 e. The monoisotopic (exact) mass is 250 g/mol. The summed E-state index contributed by atoms with van der Waals surface area (Å²) < 4.78 is 0. The van der Waals surface area contributed by atoms with Gasteiger partial charge in [0.2, 0.25) is 0 Å². The second kappa shape index (κ2) is 4.80. The van der Waals surface area contributed by atoms with Crippen LogP contribution >= 0.6 is 11.6 Å². The molecule has 0 saturated heterocycles. The molecule has 0 radical (unpaired) electrons. The van der Waals surface area contributed by atoms with Gasteiger partial charge in [-0.15, -0.1) is 6.58 Å². The average molecular weight is 251 g/mol. The number of anilines is 1. The molecule has 1 aromatic rings. The molecule has 17 heavy (non-hydrogen) atoms. The maximum Gasteiger partial charge on any atom is 0.255 e. The van der Waals surface area contributed by atoms with Gasteiger partial charge in [-0.05, 0) is 31.0 Å². The van der Waals surface area contributed by atoms with Crippen molar-refractivity contribution in [3.63, 3.8) is 0 Å². The van der Waals surface area contributed by atoms with Crippen molar-refractivity contribution >= 4 is 23.2 Å². The van der Waals surface area contributed by atoms with Crippen molar-refractivity contribution in [3.05, 3.63) is 41.4 Å². The highest BCUT2D eigenvalue weighted by Crippen LogP contribution is 2.30. The predicted octanol–water partition coefficient (Wildman–Crippen LogP) is 2.71. The summed E-state index contributed by atoms with van der Waals surface area (Å²) in [5.74, 6) is -0.0651. The van der Waals surface area contributed by atoms with Crippen molar-refractivity contribution in [3.8, 4) is 0 Å². The fourth-order valence-corrected chi connectivity index (χ4v) is 1.98. The summed E-state index contributed by atoms with van der Waals surface area (Å²) in [6.45, 7) is 4.23. The van der Waals surface area contributed by atoms with Crippen LogP contribution in [-0.4, -0.2) is 23.4 Å². The summed E-state index contributed by atoms with van der Waals surface area (Å²) in [7, 11) is 0. The van der Waals surface area contributed by atoms with Gasteiger partial charge in [0.15, 0.2) is 0 Å². The molecule has 90 valence electrons. The van der Waals surface area contributed by atoms with Crippen LogP contribution in [0.2, 0.25) is 5.02 Å². The Kier molecular flexibility index (Phi) is 3.38. The van der Waals surface area contributed by atoms with E-state index in [0.29, 0.717) is 28.9 Å². The van der Waals surface area contributed by atoms with Gasteiger partial charge in [0.25, 0.3) is 5.91 Å². The molecular formula is C13H15ClN2O. The molecule has 0 spiro atoms. The molecule has 3 nitrogen and oxygen atoms in total. The lowest BCUT2D eigenvalue weighted by molar-refractivity contribution is 0.0763. The molecule has 2 N–H and O–H groups in total. The summed E-state index contributed by atoms with van der Waals surface area (Å²) in [6, 6.07) is 5.30. The number of hydrogen-bond acceptors (Lipinski definition) is 2. The van der Waals surface area contributed by atoms with E-state index in [1.165, 1.54) is 0 Å². The molecule has 0 heterocycles. The standard InChI is InChI=1S/C13H15ClN2O/c1-2-7-16(10-4-5-10)13(17)11-8-9(15)3-6-12(11)14/h2-3,6,8,10H,1,4-5,7,15H2. The van der Waals surface area contributed by atoms with E-state index in [9.17, 15) is 4.79 Å². The molecule has 0 aromatic heterocycles. The van der Waals surface area contributed by atoms with Crippen molar-refractivity contribution in [2.45, 2.75) is 18.9 Å². The zero-order valence-electron chi connectivity index (χ0n) is 9.53. The molecule has 0 aliphatic heterocycles. The van der Waals surface area contributed by atoms with E-state index in [1.54, 1.807) is 29.2 Å².